The Morgan fingerprint density at radius 1 is 1.14 bits per heavy atom. The first kappa shape index (κ1) is 19.3. The van der Waals surface area contributed by atoms with Crippen LogP contribution in [0.4, 0.5) is 0 Å². The van der Waals surface area contributed by atoms with Crippen molar-refractivity contribution in [2.75, 3.05) is 14.2 Å². The number of hydrogen-bond acceptors (Lipinski definition) is 7. The number of benzene rings is 1. The number of amides is 1. The summed E-state index contributed by atoms with van der Waals surface area (Å²) in [5.74, 6) is 1.94. The molecular weight excluding hydrogens is 360 g/mol. The maximum Gasteiger partial charge on any atom is 0.227 e. The molecular formula is C20H22N4O4. The zero-order valence-corrected chi connectivity index (χ0v) is 16.0. The predicted octanol–water partition coefficient (Wildman–Crippen LogP) is 2.96. The summed E-state index contributed by atoms with van der Waals surface area (Å²) in [5, 5.41) is 6.93. The predicted molar refractivity (Wildman–Crippen MR) is 102 cm³/mol. The molecule has 0 radical (unpaired) electrons. The van der Waals surface area contributed by atoms with E-state index in [-0.39, 0.29) is 18.4 Å². The highest BCUT2D eigenvalue weighted by Gasteiger charge is 2.14. The molecule has 0 aliphatic heterocycles. The monoisotopic (exact) mass is 382 g/mol. The van der Waals surface area contributed by atoms with Crippen LogP contribution in [0.5, 0.6) is 11.5 Å². The van der Waals surface area contributed by atoms with Crippen LogP contribution in [0.2, 0.25) is 0 Å². The van der Waals surface area contributed by atoms with Crippen LogP contribution >= 0.6 is 0 Å². The average molecular weight is 382 g/mol. The standard InChI is InChI=1S/C20H22N4O4/c1-13(14-8-10-21-11-9-14)22-18(25)6-7-19-23-20(24-28-19)15-4-5-16(26-2)17(12-15)27-3/h4-5,8-13H,6-7H2,1-3H3,(H,22,25)/t13-/m0/s1. The van der Waals surface area contributed by atoms with Crippen molar-refractivity contribution in [3.8, 4) is 22.9 Å². The van der Waals surface area contributed by atoms with Crippen LogP contribution in [0.1, 0.15) is 30.8 Å². The Morgan fingerprint density at radius 2 is 1.89 bits per heavy atom. The van der Waals surface area contributed by atoms with E-state index in [1.807, 2.05) is 25.1 Å². The quantitative estimate of drug-likeness (QED) is 0.639. The lowest BCUT2D eigenvalue weighted by Crippen LogP contribution is -2.26. The summed E-state index contributed by atoms with van der Waals surface area (Å²) in [6.07, 6.45) is 4.01. The van der Waals surface area contributed by atoms with Crippen molar-refractivity contribution in [2.45, 2.75) is 25.8 Å². The van der Waals surface area contributed by atoms with Crippen LogP contribution in [0.3, 0.4) is 0 Å². The van der Waals surface area contributed by atoms with Gasteiger partial charge in [-0.2, -0.15) is 4.98 Å². The van der Waals surface area contributed by atoms with Crippen LogP contribution in [-0.4, -0.2) is 35.3 Å². The molecule has 0 saturated heterocycles. The lowest BCUT2D eigenvalue weighted by atomic mass is 10.1. The van der Waals surface area contributed by atoms with Gasteiger partial charge in [-0.15, -0.1) is 0 Å². The fourth-order valence-corrected chi connectivity index (χ4v) is 2.72. The summed E-state index contributed by atoms with van der Waals surface area (Å²) in [6, 6.07) is 9.02. The summed E-state index contributed by atoms with van der Waals surface area (Å²) < 4.78 is 15.8. The highest BCUT2D eigenvalue weighted by molar-refractivity contribution is 5.76. The molecule has 8 nitrogen and oxygen atoms in total. The second-order valence-electron chi connectivity index (χ2n) is 6.15. The van der Waals surface area contributed by atoms with Gasteiger partial charge in [0, 0.05) is 30.8 Å². The molecule has 3 aromatic rings. The molecule has 1 N–H and O–H groups in total. The summed E-state index contributed by atoms with van der Waals surface area (Å²) in [6.45, 7) is 1.93. The zero-order valence-electron chi connectivity index (χ0n) is 16.0. The Labute approximate surface area is 162 Å². The second-order valence-corrected chi connectivity index (χ2v) is 6.15. The van der Waals surface area contributed by atoms with E-state index >= 15 is 0 Å². The summed E-state index contributed by atoms with van der Waals surface area (Å²) in [4.78, 5) is 20.5. The molecule has 8 heteroatoms. The number of nitrogens with one attached hydrogen (secondary N) is 1. The van der Waals surface area contributed by atoms with Gasteiger partial charge in [0.15, 0.2) is 11.5 Å². The molecule has 0 fully saturated rings. The van der Waals surface area contributed by atoms with Gasteiger partial charge in [0.25, 0.3) is 0 Å². The number of carbonyl (C=O) groups is 1. The van der Waals surface area contributed by atoms with E-state index in [1.165, 1.54) is 0 Å². The molecule has 0 aliphatic rings. The largest absolute Gasteiger partial charge is 0.493 e. The number of hydrogen-bond donors (Lipinski definition) is 1. The maximum absolute atomic E-state index is 12.2. The molecule has 0 saturated carbocycles. The molecule has 3 rings (SSSR count). The van der Waals surface area contributed by atoms with E-state index in [2.05, 4.69) is 20.4 Å². The van der Waals surface area contributed by atoms with Gasteiger partial charge in [0.2, 0.25) is 17.6 Å². The number of ether oxygens (including phenoxy) is 2. The van der Waals surface area contributed by atoms with Gasteiger partial charge in [-0.25, -0.2) is 0 Å². The van der Waals surface area contributed by atoms with Crippen LogP contribution in [0.25, 0.3) is 11.4 Å². The zero-order chi connectivity index (χ0) is 19.9. The molecule has 0 bridgehead atoms. The fourth-order valence-electron chi connectivity index (χ4n) is 2.72. The van der Waals surface area contributed by atoms with E-state index in [0.29, 0.717) is 29.6 Å². The number of nitrogens with zero attached hydrogens (tertiary/aromatic N) is 3. The van der Waals surface area contributed by atoms with Crippen LogP contribution < -0.4 is 14.8 Å². The van der Waals surface area contributed by atoms with Crippen molar-refractivity contribution in [1.82, 2.24) is 20.4 Å². The first-order valence-electron chi connectivity index (χ1n) is 8.85. The van der Waals surface area contributed by atoms with Gasteiger partial charge < -0.3 is 19.3 Å². The molecule has 0 unspecified atom stereocenters. The number of aryl methyl sites for hydroxylation is 1. The Balaban J connectivity index is 1.58. The minimum atomic E-state index is -0.0967. The van der Waals surface area contributed by atoms with Gasteiger partial charge in [-0.3, -0.25) is 9.78 Å². The lowest BCUT2D eigenvalue weighted by molar-refractivity contribution is -0.121. The SMILES string of the molecule is COc1ccc(-c2noc(CCC(=O)N[C@@H](C)c3ccncc3)n2)cc1OC. The molecule has 28 heavy (non-hydrogen) atoms. The van der Waals surface area contributed by atoms with Crippen molar-refractivity contribution in [2.24, 2.45) is 0 Å². The number of methoxy groups -OCH3 is 2. The first-order valence-corrected chi connectivity index (χ1v) is 8.85. The highest BCUT2D eigenvalue weighted by atomic mass is 16.5. The smallest absolute Gasteiger partial charge is 0.227 e. The van der Waals surface area contributed by atoms with Gasteiger partial charge in [0.05, 0.1) is 20.3 Å². The molecule has 0 aliphatic carbocycles. The summed E-state index contributed by atoms with van der Waals surface area (Å²) >= 11 is 0. The van der Waals surface area contributed by atoms with Crippen molar-refractivity contribution in [3.63, 3.8) is 0 Å². The second kappa shape index (κ2) is 8.98. The number of aromatic nitrogens is 3. The van der Waals surface area contributed by atoms with Gasteiger partial charge in [0.1, 0.15) is 0 Å². The van der Waals surface area contributed by atoms with E-state index in [4.69, 9.17) is 14.0 Å². The van der Waals surface area contributed by atoms with Gasteiger partial charge in [-0.05, 0) is 42.8 Å². The number of carbonyl (C=O) groups excluding carboxylic acids is 1. The molecule has 146 valence electrons. The normalized spacial score (nSPS) is 11.7. The van der Waals surface area contributed by atoms with Gasteiger partial charge in [-0.1, -0.05) is 5.16 Å². The minimum Gasteiger partial charge on any atom is -0.493 e. The molecule has 2 aromatic heterocycles. The van der Waals surface area contributed by atoms with Crippen LogP contribution in [-0.2, 0) is 11.2 Å². The summed E-state index contributed by atoms with van der Waals surface area (Å²) in [5.41, 5.74) is 1.74. The maximum atomic E-state index is 12.2. The minimum absolute atomic E-state index is 0.0878. The van der Waals surface area contributed by atoms with Crippen molar-refractivity contribution in [1.29, 1.82) is 0 Å². The Bertz CT molecular complexity index is 927. The van der Waals surface area contributed by atoms with Gasteiger partial charge >= 0.3 is 0 Å². The van der Waals surface area contributed by atoms with E-state index in [0.717, 1.165) is 11.1 Å². The van der Waals surface area contributed by atoms with E-state index in [9.17, 15) is 4.79 Å². The Hall–Kier alpha value is -3.42. The Morgan fingerprint density at radius 3 is 2.61 bits per heavy atom. The van der Waals surface area contributed by atoms with Crippen molar-refractivity contribution in [3.05, 3.63) is 54.2 Å². The number of pyridine rings is 1. The third-order valence-electron chi connectivity index (χ3n) is 4.26. The van der Waals surface area contributed by atoms with Crippen molar-refractivity contribution >= 4 is 5.91 Å². The third kappa shape index (κ3) is 4.64. The van der Waals surface area contributed by atoms with Crippen molar-refractivity contribution < 1.29 is 18.8 Å². The fraction of sp³-hybridized carbons (Fsp3) is 0.300. The molecule has 0 spiro atoms. The number of rotatable bonds is 8. The average Bonchev–Trinajstić information content (AvgIpc) is 3.21. The first-order chi connectivity index (χ1) is 13.6. The topological polar surface area (TPSA) is 99.4 Å². The Kier molecular flexibility index (Phi) is 6.21. The van der Waals surface area contributed by atoms with Crippen LogP contribution in [0, 0.1) is 0 Å². The molecule has 1 aromatic carbocycles. The lowest BCUT2D eigenvalue weighted by Gasteiger charge is -2.13. The summed E-state index contributed by atoms with van der Waals surface area (Å²) in [7, 11) is 3.14. The highest BCUT2D eigenvalue weighted by Crippen LogP contribution is 2.31. The van der Waals surface area contributed by atoms with E-state index in [1.54, 1.807) is 38.7 Å². The molecule has 1 atom stereocenters. The van der Waals surface area contributed by atoms with E-state index < -0.39 is 0 Å². The molecule has 2 heterocycles. The molecule has 1 amide bonds. The third-order valence-corrected chi connectivity index (χ3v) is 4.26. The van der Waals surface area contributed by atoms with Crippen LogP contribution in [0.15, 0.2) is 47.2 Å².